The summed E-state index contributed by atoms with van der Waals surface area (Å²) in [5.41, 5.74) is 0.598. The van der Waals surface area contributed by atoms with Crippen LogP contribution < -0.4 is 10.1 Å². The Kier molecular flexibility index (Phi) is 6.54. The van der Waals surface area contributed by atoms with Crippen LogP contribution in [0.2, 0.25) is 0 Å². The standard InChI is InChI=1S/C15H20N2O3/c1-11(2)14(15(18)19-3)17-8-9-20-13-6-4-12(10-16)5-7-13/h4-7,11,14,17H,8-9H2,1-3H3. The Balaban J connectivity index is 2.36. The summed E-state index contributed by atoms with van der Waals surface area (Å²) in [7, 11) is 1.38. The average Bonchev–Trinajstić information content (AvgIpc) is 2.46. The Hall–Kier alpha value is -2.06. The van der Waals surface area contributed by atoms with Crippen LogP contribution in [0.1, 0.15) is 19.4 Å². The zero-order valence-corrected chi connectivity index (χ0v) is 12.1. The molecular weight excluding hydrogens is 256 g/mol. The fraction of sp³-hybridized carbons (Fsp3) is 0.467. The molecule has 0 aliphatic heterocycles. The second kappa shape index (κ2) is 8.18. The fourth-order valence-electron chi connectivity index (χ4n) is 1.73. The second-order valence-electron chi connectivity index (χ2n) is 4.68. The van der Waals surface area contributed by atoms with Crippen molar-refractivity contribution in [1.29, 1.82) is 5.26 Å². The van der Waals surface area contributed by atoms with Crippen LogP contribution in [0.3, 0.4) is 0 Å². The van der Waals surface area contributed by atoms with Crippen molar-refractivity contribution in [2.75, 3.05) is 20.3 Å². The molecule has 0 aliphatic carbocycles. The van der Waals surface area contributed by atoms with Crippen LogP contribution in [-0.4, -0.2) is 32.3 Å². The largest absolute Gasteiger partial charge is 0.492 e. The van der Waals surface area contributed by atoms with E-state index in [0.717, 1.165) is 0 Å². The van der Waals surface area contributed by atoms with Gasteiger partial charge in [0.2, 0.25) is 0 Å². The van der Waals surface area contributed by atoms with Gasteiger partial charge in [0, 0.05) is 6.54 Å². The summed E-state index contributed by atoms with van der Waals surface area (Å²) in [6.45, 7) is 4.89. The molecule has 0 fully saturated rings. The molecule has 0 saturated heterocycles. The molecule has 1 unspecified atom stereocenters. The summed E-state index contributed by atoms with van der Waals surface area (Å²) in [5.74, 6) is 0.584. The van der Waals surface area contributed by atoms with Gasteiger partial charge in [-0.25, -0.2) is 0 Å². The maximum absolute atomic E-state index is 11.5. The molecule has 0 heterocycles. The fourth-order valence-corrected chi connectivity index (χ4v) is 1.73. The van der Waals surface area contributed by atoms with Gasteiger partial charge in [-0.15, -0.1) is 0 Å². The highest BCUT2D eigenvalue weighted by atomic mass is 16.5. The Bertz CT molecular complexity index is 463. The van der Waals surface area contributed by atoms with Crippen LogP contribution in [0, 0.1) is 17.2 Å². The van der Waals surface area contributed by atoms with Crippen LogP contribution in [0.5, 0.6) is 5.75 Å². The SMILES string of the molecule is COC(=O)C(NCCOc1ccc(C#N)cc1)C(C)C. The van der Waals surface area contributed by atoms with E-state index in [1.807, 2.05) is 19.9 Å². The van der Waals surface area contributed by atoms with E-state index in [4.69, 9.17) is 14.7 Å². The smallest absolute Gasteiger partial charge is 0.323 e. The Labute approximate surface area is 119 Å². The maximum atomic E-state index is 11.5. The Morgan fingerprint density at radius 3 is 2.50 bits per heavy atom. The number of hydrogen-bond donors (Lipinski definition) is 1. The van der Waals surface area contributed by atoms with Gasteiger partial charge < -0.3 is 14.8 Å². The summed E-state index contributed by atoms with van der Waals surface area (Å²) in [6.07, 6.45) is 0. The van der Waals surface area contributed by atoms with E-state index < -0.39 is 0 Å². The summed E-state index contributed by atoms with van der Waals surface area (Å²) < 4.78 is 10.3. The van der Waals surface area contributed by atoms with Gasteiger partial charge in [-0.05, 0) is 30.2 Å². The zero-order chi connectivity index (χ0) is 15.0. The van der Waals surface area contributed by atoms with Gasteiger partial charge in [0.1, 0.15) is 18.4 Å². The molecule has 5 heteroatoms. The van der Waals surface area contributed by atoms with Crippen LogP contribution >= 0.6 is 0 Å². The van der Waals surface area contributed by atoms with Crippen molar-refractivity contribution < 1.29 is 14.3 Å². The van der Waals surface area contributed by atoms with Gasteiger partial charge >= 0.3 is 5.97 Å². The van der Waals surface area contributed by atoms with Gasteiger partial charge in [0.25, 0.3) is 0 Å². The van der Waals surface area contributed by atoms with Crippen LogP contribution in [0.15, 0.2) is 24.3 Å². The summed E-state index contributed by atoms with van der Waals surface area (Å²) in [5, 5.41) is 11.8. The van der Waals surface area contributed by atoms with Gasteiger partial charge in [-0.3, -0.25) is 4.79 Å². The molecule has 1 aromatic rings. The van der Waals surface area contributed by atoms with Crippen molar-refractivity contribution in [3.8, 4) is 11.8 Å². The third-order valence-electron chi connectivity index (χ3n) is 2.84. The number of nitrogens with one attached hydrogen (secondary N) is 1. The number of nitrogens with zero attached hydrogens (tertiary/aromatic N) is 1. The normalized spacial score (nSPS) is 11.8. The van der Waals surface area contributed by atoms with Gasteiger partial charge in [0.15, 0.2) is 0 Å². The van der Waals surface area contributed by atoms with E-state index in [1.165, 1.54) is 7.11 Å². The topological polar surface area (TPSA) is 71.3 Å². The van der Waals surface area contributed by atoms with Crippen LogP contribution in [-0.2, 0) is 9.53 Å². The van der Waals surface area contributed by atoms with Crippen molar-refractivity contribution in [2.45, 2.75) is 19.9 Å². The number of benzene rings is 1. The van der Waals surface area contributed by atoms with Gasteiger partial charge in [0.05, 0.1) is 18.7 Å². The molecule has 0 radical (unpaired) electrons. The number of esters is 1. The van der Waals surface area contributed by atoms with E-state index >= 15 is 0 Å². The van der Waals surface area contributed by atoms with Crippen LogP contribution in [0.25, 0.3) is 0 Å². The van der Waals surface area contributed by atoms with Crippen molar-refractivity contribution in [2.24, 2.45) is 5.92 Å². The highest BCUT2D eigenvalue weighted by Crippen LogP contribution is 2.11. The quantitative estimate of drug-likeness (QED) is 0.606. The third kappa shape index (κ3) is 4.90. The molecule has 0 aromatic heterocycles. The number of hydrogen-bond acceptors (Lipinski definition) is 5. The lowest BCUT2D eigenvalue weighted by Gasteiger charge is -2.19. The minimum Gasteiger partial charge on any atom is -0.492 e. The highest BCUT2D eigenvalue weighted by molar-refractivity contribution is 5.75. The molecule has 0 bridgehead atoms. The lowest BCUT2D eigenvalue weighted by atomic mass is 10.1. The average molecular weight is 276 g/mol. The second-order valence-corrected chi connectivity index (χ2v) is 4.68. The predicted molar refractivity (Wildman–Crippen MR) is 75.3 cm³/mol. The molecule has 1 N–H and O–H groups in total. The molecule has 20 heavy (non-hydrogen) atoms. The first-order chi connectivity index (χ1) is 9.58. The van der Waals surface area contributed by atoms with Crippen molar-refractivity contribution in [1.82, 2.24) is 5.32 Å². The molecule has 1 rings (SSSR count). The van der Waals surface area contributed by atoms with Gasteiger partial charge in [-0.2, -0.15) is 5.26 Å². The number of nitriles is 1. The number of ether oxygens (including phenoxy) is 2. The van der Waals surface area contributed by atoms with Crippen molar-refractivity contribution in [3.05, 3.63) is 29.8 Å². The molecule has 0 spiro atoms. The number of methoxy groups -OCH3 is 1. The number of carbonyl (C=O) groups is 1. The van der Waals surface area contributed by atoms with E-state index in [0.29, 0.717) is 24.5 Å². The van der Waals surface area contributed by atoms with Gasteiger partial charge in [-0.1, -0.05) is 13.8 Å². The number of rotatable bonds is 7. The molecule has 5 nitrogen and oxygen atoms in total. The van der Waals surface area contributed by atoms with E-state index in [1.54, 1.807) is 24.3 Å². The van der Waals surface area contributed by atoms with E-state index in [2.05, 4.69) is 5.32 Å². The van der Waals surface area contributed by atoms with E-state index in [9.17, 15) is 4.79 Å². The minimum absolute atomic E-state index is 0.150. The lowest BCUT2D eigenvalue weighted by Crippen LogP contribution is -2.43. The monoisotopic (exact) mass is 276 g/mol. The van der Waals surface area contributed by atoms with Crippen LogP contribution in [0.4, 0.5) is 0 Å². The molecular formula is C15H20N2O3. The first kappa shape index (κ1) is 16.0. The summed E-state index contributed by atoms with van der Waals surface area (Å²) in [6, 6.07) is 8.62. The molecule has 0 aliphatic rings. The predicted octanol–water partition coefficient (Wildman–Crippen LogP) is 1.72. The summed E-state index contributed by atoms with van der Waals surface area (Å²) in [4.78, 5) is 11.5. The zero-order valence-electron chi connectivity index (χ0n) is 12.1. The molecule has 1 aromatic carbocycles. The van der Waals surface area contributed by atoms with Crippen molar-refractivity contribution >= 4 is 5.97 Å². The molecule has 108 valence electrons. The summed E-state index contributed by atoms with van der Waals surface area (Å²) >= 11 is 0. The Morgan fingerprint density at radius 2 is 2.00 bits per heavy atom. The number of carbonyl (C=O) groups excluding carboxylic acids is 1. The Morgan fingerprint density at radius 1 is 1.35 bits per heavy atom. The lowest BCUT2D eigenvalue weighted by molar-refractivity contribution is -0.144. The minimum atomic E-state index is -0.329. The molecule has 0 saturated carbocycles. The first-order valence-electron chi connectivity index (χ1n) is 6.52. The third-order valence-corrected chi connectivity index (χ3v) is 2.84. The van der Waals surface area contributed by atoms with E-state index in [-0.39, 0.29) is 17.9 Å². The van der Waals surface area contributed by atoms with Crippen molar-refractivity contribution in [3.63, 3.8) is 0 Å². The first-order valence-corrected chi connectivity index (χ1v) is 6.52. The highest BCUT2D eigenvalue weighted by Gasteiger charge is 2.21. The maximum Gasteiger partial charge on any atom is 0.323 e. The molecule has 1 atom stereocenters. The molecule has 0 amide bonds.